The van der Waals surface area contributed by atoms with Gasteiger partial charge >= 0.3 is 0 Å². The minimum atomic E-state index is -0.863. The van der Waals surface area contributed by atoms with Crippen LogP contribution in [0.2, 0.25) is 0 Å². The summed E-state index contributed by atoms with van der Waals surface area (Å²) in [6.45, 7) is 5.70. The molecule has 0 saturated heterocycles. The van der Waals surface area contributed by atoms with Crippen LogP contribution in [0.15, 0.2) is 54.6 Å². The highest BCUT2D eigenvalue weighted by Gasteiger charge is 2.29. The fourth-order valence-electron chi connectivity index (χ4n) is 2.32. The summed E-state index contributed by atoms with van der Waals surface area (Å²) in [6.07, 6.45) is 0. The van der Waals surface area contributed by atoms with E-state index in [0.29, 0.717) is 0 Å². The Hall–Kier alpha value is -2.80. The monoisotopic (exact) mass is 321 g/mol. The van der Waals surface area contributed by atoms with Crippen molar-refractivity contribution >= 4 is 11.6 Å². The minimum Gasteiger partial charge on any atom is -0.376 e. The van der Waals surface area contributed by atoms with Crippen molar-refractivity contribution in [1.29, 1.82) is 5.26 Å². The number of amides is 1. The zero-order chi connectivity index (χ0) is 17.6. The largest absolute Gasteiger partial charge is 0.376 e. The zero-order valence-corrected chi connectivity index (χ0v) is 14.3. The molecule has 1 unspecified atom stereocenters. The van der Waals surface area contributed by atoms with Crippen LogP contribution in [-0.2, 0) is 4.79 Å². The van der Waals surface area contributed by atoms with E-state index in [0.717, 1.165) is 16.8 Å². The lowest BCUT2D eigenvalue weighted by Gasteiger charge is -2.27. The fraction of sp³-hybridized carbons (Fsp3) is 0.300. The average molecular weight is 321 g/mol. The molecule has 2 rings (SSSR count). The van der Waals surface area contributed by atoms with Gasteiger partial charge in [-0.1, -0.05) is 62.4 Å². The molecule has 0 radical (unpaired) electrons. The Balaban J connectivity index is 2.08. The first-order chi connectivity index (χ1) is 11.5. The van der Waals surface area contributed by atoms with Gasteiger partial charge < -0.3 is 10.6 Å². The van der Waals surface area contributed by atoms with Crippen molar-refractivity contribution in [3.63, 3.8) is 0 Å². The van der Waals surface area contributed by atoms with Gasteiger partial charge in [0.15, 0.2) is 0 Å². The number of carbonyl (C=O) groups excluding carboxylic acids is 1. The summed E-state index contributed by atoms with van der Waals surface area (Å²) in [5, 5.41) is 15.3. The lowest BCUT2D eigenvalue weighted by atomic mass is 9.90. The van der Waals surface area contributed by atoms with Gasteiger partial charge in [0, 0.05) is 11.3 Å². The molecular weight excluding hydrogens is 298 g/mol. The number of para-hydroxylation sites is 1. The molecule has 2 N–H and O–H groups in total. The van der Waals surface area contributed by atoms with E-state index >= 15 is 0 Å². The van der Waals surface area contributed by atoms with Crippen molar-refractivity contribution in [2.75, 3.05) is 11.9 Å². The molecule has 4 heteroatoms. The predicted molar refractivity (Wildman–Crippen MR) is 97.4 cm³/mol. The summed E-state index contributed by atoms with van der Waals surface area (Å²) in [6, 6.07) is 20.1. The van der Waals surface area contributed by atoms with E-state index in [2.05, 4.69) is 16.7 Å². The van der Waals surface area contributed by atoms with Crippen molar-refractivity contribution in [3.8, 4) is 17.2 Å². The Morgan fingerprint density at radius 3 is 2.38 bits per heavy atom. The van der Waals surface area contributed by atoms with Crippen LogP contribution in [0.4, 0.5) is 5.69 Å². The highest BCUT2D eigenvalue weighted by Crippen LogP contribution is 2.27. The minimum absolute atomic E-state index is 0.0306. The second kappa shape index (κ2) is 7.65. The quantitative estimate of drug-likeness (QED) is 0.850. The van der Waals surface area contributed by atoms with E-state index in [1.807, 2.05) is 68.4 Å². The zero-order valence-electron chi connectivity index (χ0n) is 14.3. The van der Waals surface area contributed by atoms with E-state index in [-0.39, 0.29) is 18.4 Å². The Kier molecular flexibility index (Phi) is 5.59. The molecule has 1 amide bonds. The van der Waals surface area contributed by atoms with Crippen molar-refractivity contribution in [2.24, 2.45) is 5.92 Å². The maximum atomic E-state index is 12.2. The molecule has 0 heterocycles. The third kappa shape index (κ3) is 4.14. The summed E-state index contributed by atoms with van der Waals surface area (Å²) in [5.74, 6) is -0.168. The molecule has 0 aliphatic heterocycles. The second-order valence-electron chi connectivity index (χ2n) is 6.28. The normalized spacial score (nSPS) is 13.0. The number of anilines is 1. The molecule has 0 aliphatic carbocycles. The van der Waals surface area contributed by atoms with E-state index in [1.54, 1.807) is 6.92 Å². The van der Waals surface area contributed by atoms with Crippen LogP contribution < -0.4 is 10.6 Å². The number of nitrogens with zero attached hydrogens (tertiary/aromatic N) is 1. The number of benzene rings is 2. The molecule has 24 heavy (non-hydrogen) atoms. The summed E-state index contributed by atoms with van der Waals surface area (Å²) in [7, 11) is 0. The summed E-state index contributed by atoms with van der Waals surface area (Å²) >= 11 is 0. The van der Waals surface area contributed by atoms with Crippen LogP contribution in [0.25, 0.3) is 11.1 Å². The topological polar surface area (TPSA) is 64.9 Å². The summed E-state index contributed by atoms with van der Waals surface area (Å²) < 4.78 is 0. The Morgan fingerprint density at radius 2 is 1.75 bits per heavy atom. The molecule has 2 aromatic carbocycles. The third-order valence-corrected chi connectivity index (χ3v) is 4.24. The van der Waals surface area contributed by atoms with Crippen molar-refractivity contribution in [2.45, 2.75) is 26.3 Å². The van der Waals surface area contributed by atoms with Gasteiger partial charge in [-0.05, 0) is 24.5 Å². The molecule has 1 atom stereocenters. The van der Waals surface area contributed by atoms with E-state index in [4.69, 9.17) is 0 Å². The number of hydrogen-bond donors (Lipinski definition) is 2. The van der Waals surface area contributed by atoms with Gasteiger partial charge in [-0.3, -0.25) is 4.79 Å². The molecular formula is C20H23N3O. The molecule has 0 bridgehead atoms. The van der Waals surface area contributed by atoms with Crippen molar-refractivity contribution in [1.82, 2.24) is 5.32 Å². The molecule has 124 valence electrons. The lowest BCUT2D eigenvalue weighted by molar-refractivity contribution is -0.121. The van der Waals surface area contributed by atoms with Crippen LogP contribution in [0, 0.1) is 17.2 Å². The summed E-state index contributed by atoms with van der Waals surface area (Å²) in [4.78, 5) is 12.2. The SMILES string of the molecule is CC(C)C(C)(C#N)NC(=O)CNc1ccccc1-c1ccccc1. The Labute approximate surface area is 143 Å². The first kappa shape index (κ1) is 17.6. The van der Waals surface area contributed by atoms with Crippen molar-refractivity contribution in [3.05, 3.63) is 54.6 Å². The van der Waals surface area contributed by atoms with Crippen LogP contribution >= 0.6 is 0 Å². The molecule has 0 spiro atoms. The first-order valence-corrected chi connectivity index (χ1v) is 8.07. The molecule has 0 aliphatic rings. The standard InChI is InChI=1S/C20H23N3O/c1-15(2)20(3,14-21)23-19(24)13-22-18-12-8-7-11-17(18)16-9-5-4-6-10-16/h4-12,15,22H,13H2,1-3H3,(H,23,24). The van der Waals surface area contributed by atoms with Crippen molar-refractivity contribution < 1.29 is 4.79 Å². The molecule has 2 aromatic rings. The number of rotatable bonds is 6. The molecule has 0 aromatic heterocycles. The first-order valence-electron chi connectivity index (χ1n) is 8.07. The van der Waals surface area contributed by atoms with Crippen LogP contribution in [0.3, 0.4) is 0 Å². The predicted octanol–water partition coefficient (Wildman–Crippen LogP) is 3.82. The fourth-order valence-corrected chi connectivity index (χ4v) is 2.32. The van der Waals surface area contributed by atoms with Gasteiger partial charge in [-0.25, -0.2) is 0 Å². The van der Waals surface area contributed by atoms with Gasteiger partial charge in [0.25, 0.3) is 0 Å². The van der Waals surface area contributed by atoms with Crippen LogP contribution in [-0.4, -0.2) is 18.0 Å². The van der Waals surface area contributed by atoms with E-state index in [1.165, 1.54) is 0 Å². The van der Waals surface area contributed by atoms with Gasteiger partial charge in [-0.2, -0.15) is 5.26 Å². The Bertz CT molecular complexity index is 734. The molecule has 4 nitrogen and oxygen atoms in total. The smallest absolute Gasteiger partial charge is 0.240 e. The average Bonchev–Trinajstić information content (AvgIpc) is 2.60. The molecule has 0 saturated carbocycles. The van der Waals surface area contributed by atoms with Crippen LogP contribution in [0.1, 0.15) is 20.8 Å². The van der Waals surface area contributed by atoms with E-state index < -0.39 is 5.54 Å². The van der Waals surface area contributed by atoms with E-state index in [9.17, 15) is 10.1 Å². The Morgan fingerprint density at radius 1 is 1.12 bits per heavy atom. The summed E-state index contributed by atoms with van der Waals surface area (Å²) in [5.41, 5.74) is 2.16. The van der Waals surface area contributed by atoms with Gasteiger partial charge in [-0.15, -0.1) is 0 Å². The van der Waals surface area contributed by atoms with Gasteiger partial charge in [0.05, 0.1) is 12.6 Å². The molecule has 0 fully saturated rings. The maximum Gasteiger partial charge on any atom is 0.240 e. The maximum absolute atomic E-state index is 12.2. The van der Waals surface area contributed by atoms with Gasteiger partial charge in [0.1, 0.15) is 5.54 Å². The highest BCUT2D eigenvalue weighted by molar-refractivity contribution is 5.85. The van der Waals surface area contributed by atoms with Gasteiger partial charge in [0.2, 0.25) is 5.91 Å². The number of nitrogens with one attached hydrogen (secondary N) is 2. The lowest BCUT2D eigenvalue weighted by Crippen LogP contribution is -2.50. The number of hydrogen-bond acceptors (Lipinski definition) is 3. The third-order valence-electron chi connectivity index (χ3n) is 4.24. The number of carbonyl (C=O) groups is 1. The second-order valence-corrected chi connectivity index (χ2v) is 6.28. The number of nitriles is 1. The van der Waals surface area contributed by atoms with Crippen LogP contribution in [0.5, 0.6) is 0 Å². The highest BCUT2D eigenvalue weighted by atomic mass is 16.2.